The highest BCUT2D eigenvalue weighted by Gasteiger charge is 2.26. The van der Waals surface area contributed by atoms with Crippen molar-refractivity contribution in [3.63, 3.8) is 0 Å². The number of benzene rings is 2. The summed E-state index contributed by atoms with van der Waals surface area (Å²) in [5, 5.41) is 0.589. The summed E-state index contributed by atoms with van der Waals surface area (Å²) in [5.41, 5.74) is 6.84. The molecular formula is C21H20ClN3O4S. The summed E-state index contributed by atoms with van der Waals surface area (Å²) in [6, 6.07) is 13.5. The molecule has 0 aliphatic rings. The Labute approximate surface area is 179 Å². The van der Waals surface area contributed by atoms with Gasteiger partial charge >= 0.3 is 0 Å². The molecule has 1 amide bonds. The van der Waals surface area contributed by atoms with E-state index in [4.69, 9.17) is 22.1 Å². The maximum absolute atomic E-state index is 13.3. The lowest BCUT2D eigenvalue weighted by molar-refractivity contribution is 0.0997. The summed E-state index contributed by atoms with van der Waals surface area (Å²) in [6.45, 7) is 0. The molecule has 30 heavy (non-hydrogen) atoms. The predicted octanol–water partition coefficient (Wildman–Crippen LogP) is 3.43. The number of nitrogens with two attached hydrogens (primary N) is 1. The number of nitrogens with one attached hydrogen (secondary N) is 1. The van der Waals surface area contributed by atoms with Crippen molar-refractivity contribution in [3.05, 3.63) is 82.6 Å². The van der Waals surface area contributed by atoms with Crippen LogP contribution in [-0.2, 0) is 22.9 Å². The van der Waals surface area contributed by atoms with E-state index in [1.54, 1.807) is 18.2 Å². The average molecular weight is 446 g/mol. The summed E-state index contributed by atoms with van der Waals surface area (Å²) in [6.07, 6.45) is 3.63. The molecule has 3 N–H and O–H groups in total. The molecule has 0 fully saturated rings. The minimum Gasteiger partial charge on any atom is -0.494 e. The summed E-state index contributed by atoms with van der Waals surface area (Å²) in [4.78, 5) is 15.7. The lowest BCUT2D eigenvalue weighted by Gasteiger charge is -2.16. The molecule has 0 unspecified atom stereocenters. The van der Waals surface area contributed by atoms with Gasteiger partial charge in [-0.3, -0.25) is 14.5 Å². The van der Waals surface area contributed by atoms with Crippen molar-refractivity contribution in [1.29, 1.82) is 0 Å². The number of halogens is 1. The molecule has 2 aromatic carbocycles. The SMILES string of the molecule is COc1ccncc1NS(=O)(=O)c1c(CCc2ccccc2Cl)cccc1C(N)=O. The first-order valence-corrected chi connectivity index (χ1v) is 10.9. The maximum Gasteiger partial charge on any atom is 0.263 e. The largest absolute Gasteiger partial charge is 0.494 e. The zero-order valence-corrected chi connectivity index (χ0v) is 17.7. The van der Waals surface area contributed by atoms with Gasteiger partial charge in [0.2, 0.25) is 5.91 Å². The number of hydrogen-bond acceptors (Lipinski definition) is 5. The molecule has 1 aromatic heterocycles. The Morgan fingerprint density at radius 1 is 1.10 bits per heavy atom. The van der Waals surface area contributed by atoms with E-state index in [2.05, 4.69) is 9.71 Å². The van der Waals surface area contributed by atoms with E-state index in [1.807, 2.05) is 18.2 Å². The first-order chi connectivity index (χ1) is 14.3. The lowest BCUT2D eigenvalue weighted by Crippen LogP contribution is -2.22. The number of nitrogens with zero attached hydrogens (tertiary/aromatic N) is 1. The normalized spacial score (nSPS) is 11.1. The maximum atomic E-state index is 13.3. The number of hydrogen-bond donors (Lipinski definition) is 2. The number of pyridine rings is 1. The molecule has 0 atom stereocenters. The van der Waals surface area contributed by atoms with E-state index < -0.39 is 15.9 Å². The molecule has 0 saturated carbocycles. The smallest absolute Gasteiger partial charge is 0.263 e. The molecular weight excluding hydrogens is 426 g/mol. The average Bonchev–Trinajstić information content (AvgIpc) is 2.73. The van der Waals surface area contributed by atoms with Crippen LogP contribution in [0, 0.1) is 0 Å². The zero-order valence-electron chi connectivity index (χ0n) is 16.1. The van der Waals surface area contributed by atoms with Gasteiger partial charge in [-0.1, -0.05) is 41.9 Å². The number of anilines is 1. The minimum absolute atomic E-state index is 0.0954. The Bertz CT molecular complexity index is 1180. The van der Waals surface area contributed by atoms with Crippen molar-refractivity contribution in [2.45, 2.75) is 17.7 Å². The second-order valence-corrected chi connectivity index (χ2v) is 8.46. The molecule has 0 aliphatic carbocycles. The van der Waals surface area contributed by atoms with Crippen molar-refractivity contribution in [3.8, 4) is 5.75 Å². The van der Waals surface area contributed by atoms with E-state index in [0.29, 0.717) is 29.2 Å². The van der Waals surface area contributed by atoms with Gasteiger partial charge in [0.05, 0.1) is 18.9 Å². The standard InChI is InChI=1S/C21H20ClN3O4S/c1-29-19-11-12-24-13-18(19)25-30(27,28)20-15(6-4-7-16(20)21(23)26)10-9-14-5-2-3-8-17(14)22/h2-8,11-13,25H,9-10H2,1H3,(H2,23,26). The number of aryl methyl sites for hydroxylation is 2. The number of carbonyl (C=O) groups is 1. The van der Waals surface area contributed by atoms with Crippen molar-refractivity contribution in [2.75, 3.05) is 11.8 Å². The van der Waals surface area contributed by atoms with Crippen molar-refractivity contribution in [1.82, 2.24) is 4.98 Å². The van der Waals surface area contributed by atoms with Crippen LogP contribution >= 0.6 is 11.6 Å². The van der Waals surface area contributed by atoms with Gasteiger partial charge in [0.25, 0.3) is 10.0 Å². The number of methoxy groups -OCH3 is 1. The van der Waals surface area contributed by atoms with Crippen LogP contribution in [0.1, 0.15) is 21.5 Å². The second-order valence-electron chi connectivity index (χ2n) is 6.43. The van der Waals surface area contributed by atoms with Crippen LogP contribution in [0.3, 0.4) is 0 Å². The number of primary amides is 1. The third-order valence-electron chi connectivity index (χ3n) is 4.50. The number of sulfonamides is 1. The van der Waals surface area contributed by atoms with Gasteiger partial charge in [-0.05, 0) is 36.1 Å². The second kappa shape index (κ2) is 9.15. The quantitative estimate of drug-likeness (QED) is 0.551. The predicted molar refractivity (Wildman–Crippen MR) is 115 cm³/mol. The summed E-state index contributed by atoms with van der Waals surface area (Å²) in [7, 11) is -2.75. The van der Waals surface area contributed by atoms with Gasteiger partial charge in [0.1, 0.15) is 16.3 Å². The molecule has 0 radical (unpaired) electrons. The van der Waals surface area contributed by atoms with Gasteiger partial charge in [-0.15, -0.1) is 0 Å². The summed E-state index contributed by atoms with van der Waals surface area (Å²) >= 11 is 6.22. The minimum atomic E-state index is -4.17. The number of amides is 1. The fraction of sp³-hybridized carbons (Fsp3) is 0.143. The van der Waals surface area contributed by atoms with E-state index in [-0.39, 0.29) is 16.1 Å². The molecule has 0 spiro atoms. The highest BCUT2D eigenvalue weighted by molar-refractivity contribution is 7.92. The first kappa shape index (κ1) is 21.6. The van der Waals surface area contributed by atoms with E-state index in [0.717, 1.165) is 5.56 Å². The van der Waals surface area contributed by atoms with Gasteiger partial charge in [0, 0.05) is 17.3 Å². The van der Waals surface area contributed by atoms with Gasteiger partial charge in [-0.25, -0.2) is 8.42 Å². The van der Waals surface area contributed by atoms with Gasteiger partial charge in [-0.2, -0.15) is 0 Å². The Kier molecular flexibility index (Phi) is 6.59. The molecule has 9 heteroatoms. The summed E-state index contributed by atoms with van der Waals surface area (Å²) in [5.74, 6) is -0.545. The molecule has 7 nitrogen and oxygen atoms in total. The fourth-order valence-electron chi connectivity index (χ4n) is 3.10. The van der Waals surface area contributed by atoms with Crippen LogP contribution < -0.4 is 15.2 Å². The van der Waals surface area contributed by atoms with Gasteiger partial charge in [0.15, 0.2) is 0 Å². The number of carbonyl (C=O) groups excluding carboxylic acids is 1. The molecule has 0 bridgehead atoms. The van der Waals surface area contributed by atoms with Crippen molar-refractivity contribution < 1.29 is 17.9 Å². The fourth-order valence-corrected chi connectivity index (χ4v) is 4.84. The van der Waals surface area contributed by atoms with Crippen LogP contribution in [0.25, 0.3) is 0 Å². The van der Waals surface area contributed by atoms with Crippen molar-refractivity contribution in [2.24, 2.45) is 5.73 Å². The molecule has 0 saturated heterocycles. The molecule has 0 aliphatic heterocycles. The van der Waals surface area contributed by atoms with E-state index >= 15 is 0 Å². The topological polar surface area (TPSA) is 111 Å². The Balaban J connectivity index is 2.03. The summed E-state index contributed by atoms with van der Waals surface area (Å²) < 4.78 is 34.2. The van der Waals surface area contributed by atoms with Crippen LogP contribution in [-0.4, -0.2) is 26.4 Å². The molecule has 1 heterocycles. The van der Waals surface area contributed by atoms with E-state index in [9.17, 15) is 13.2 Å². The molecule has 3 rings (SSSR count). The number of rotatable bonds is 8. The Morgan fingerprint density at radius 3 is 2.50 bits per heavy atom. The number of ether oxygens (including phenoxy) is 1. The Morgan fingerprint density at radius 2 is 1.80 bits per heavy atom. The van der Waals surface area contributed by atoms with E-state index in [1.165, 1.54) is 31.6 Å². The third-order valence-corrected chi connectivity index (χ3v) is 6.37. The third kappa shape index (κ3) is 4.72. The van der Waals surface area contributed by atoms with Crippen LogP contribution in [0.4, 0.5) is 5.69 Å². The van der Waals surface area contributed by atoms with Crippen LogP contribution in [0.5, 0.6) is 5.75 Å². The first-order valence-electron chi connectivity index (χ1n) is 8.99. The molecule has 3 aromatic rings. The lowest BCUT2D eigenvalue weighted by atomic mass is 10.0. The highest BCUT2D eigenvalue weighted by atomic mass is 35.5. The van der Waals surface area contributed by atoms with Crippen LogP contribution in [0.15, 0.2) is 65.8 Å². The van der Waals surface area contributed by atoms with Crippen molar-refractivity contribution >= 4 is 33.2 Å². The Hall–Kier alpha value is -3.10. The molecule has 156 valence electrons. The monoisotopic (exact) mass is 445 g/mol. The van der Waals surface area contributed by atoms with Gasteiger partial charge < -0.3 is 10.5 Å². The zero-order chi connectivity index (χ0) is 21.7. The van der Waals surface area contributed by atoms with Crippen LogP contribution in [0.2, 0.25) is 5.02 Å². The number of aromatic nitrogens is 1. The highest BCUT2D eigenvalue weighted by Crippen LogP contribution is 2.29.